The first-order valence-corrected chi connectivity index (χ1v) is 11.2. The number of imidazole rings is 1. The van der Waals surface area contributed by atoms with Crippen LogP contribution in [0.15, 0.2) is 84.4 Å². The summed E-state index contributed by atoms with van der Waals surface area (Å²) in [4.78, 5) is 13.4. The average Bonchev–Trinajstić information content (AvgIpc) is 3.35. The number of piperazine rings is 1. The lowest BCUT2D eigenvalue weighted by Crippen LogP contribution is -2.52. The van der Waals surface area contributed by atoms with E-state index in [2.05, 4.69) is 96.4 Å². The molecule has 32 heavy (non-hydrogen) atoms. The lowest BCUT2D eigenvalue weighted by Gasteiger charge is -2.36. The fraction of sp³-hybridized carbons (Fsp3) is 0.308. The van der Waals surface area contributed by atoms with Crippen LogP contribution >= 0.6 is 0 Å². The van der Waals surface area contributed by atoms with Crippen LogP contribution in [0, 0.1) is 0 Å². The van der Waals surface area contributed by atoms with Crippen LogP contribution in [0.2, 0.25) is 0 Å². The van der Waals surface area contributed by atoms with Crippen LogP contribution in [0.3, 0.4) is 0 Å². The van der Waals surface area contributed by atoms with Crippen molar-refractivity contribution in [3.05, 3.63) is 96.1 Å². The van der Waals surface area contributed by atoms with Gasteiger partial charge in [-0.2, -0.15) is 0 Å². The van der Waals surface area contributed by atoms with Crippen molar-refractivity contribution in [3.63, 3.8) is 0 Å². The molecule has 4 rings (SSSR count). The number of guanidine groups is 1. The van der Waals surface area contributed by atoms with E-state index in [1.54, 1.807) is 0 Å². The van der Waals surface area contributed by atoms with Crippen molar-refractivity contribution in [2.24, 2.45) is 4.99 Å². The monoisotopic (exact) mass is 428 g/mol. The lowest BCUT2D eigenvalue weighted by atomic mass is 10.1. The first kappa shape index (κ1) is 21.8. The molecular formula is C26H32N6. The predicted octanol–water partition coefficient (Wildman–Crippen LogP) is 3.34. The van der Waals surface area contributed by atoms with Crippen LogP contribution in [0.4, 0.5) is 0 Å². The fourth-order valence-corrected chi connectivity index (χ4v) is 3.91. The van der Waals surface area contributed by atoms with Gasteiger partial charge in [-0.15, -0.1) is 0 Å². The normalized spacial score (nSPS) is 15.4. The summed E-state index contributed by atoms with van der Waals surface area (Å²) in [6.45, 7) is 6.68. The summed E-state index contributed by atoms with van der Waals surface area (Å²) in [5.74, 6) is 0.979. The molecule has 0 bridgehead atoms. The van der Waals surface area contributed by atoms with Gasteiger partial charge in [-0.1, -0.05) is 66.7 Å². The second-order valence-corrected chi connectivity index (χ2v) is 8.05. The summed E-state index contributed by atoms with van der Waals surface area (Å²) in [7, 11) is 1.87. The van der Waals surface area contributed by atoms with Gasteiger partial charge in [0, 0.05) is 65.3 Å². The zero-order chi connectivity index (χ0) is 22.0. The van der Waals surface area contributed by atoms with Gasteiger partial charge in [0.05, 0.1) is 6.33 Å². The first-order chi connectivity index (χ1) is 15.8. The zero-order valence-electron chi connectivity index (χ0n) is 18.8. The van der Waals surface area contributed by atoms with E-state index in [9.17, 15) is 0 Å². The fourth-order valence-electron chi connectivity index (χ4n) is 3.91. The maximum absolute atomic E-state index is 4.51. The Morgan fingerprint density at radius 2 is 1.75 bits per heavy atom. The predicted molar refractivity (Wildman–Crippen MR) is 131 cm³/mol. The molecule has 0 amide bonds. The van der Waals surface area contributed by atoms with Gasteiger partial charge in [0.15, 0.2) is 5.96 Å². The molecule has 1 N–H and O–H groups in total. The van der Waals surface area contributed by atoms with E-state index in [0.29, 0.717) is 0 Å². The molecule has 6 heteroatoms. The Hall–Kier alpha value is -3.38. The molecule has 0 unspecified atom stereocenters. The minimum absolute atomic E-state index is 0.776. The van der Waals surface area contributed by atoms with E-state index in [1.165, 1.54) is 16.7 Å². The zero-order valence-corrected chi connectivity index (χ0v) is 18.8. The molecule has 0 radical (unpaired) electrons. The van der Waals surface area contributed by atoms with E-state index in [1.807, 2.05) is 25.8 Å². The molecule has 2 aromatic carbocycles. The third kappa shape index (κ3) is 6.31. The molecule has 0 aliphatic carbocycles. The highest BCUT2D eigenvalue weighted by molar-refractivity contribution is 5.80. The molecular weight excluding hydrogens is 396 g/mol. The number of rotatable bonds is 7. The highest BCUT2D eigenvalue weighted by atomic mass is 15.3. The van der Waals surface area contributed by atoms with Gasteiger partial charge >= 0.3 is 0 Å². The van der Waals surface area contributed by atoms with Gasteiger partial charge in [-0.25, -0.2) is 4.98 Å². The summed E-state index contributed by atoms with van der Waals surface area (Å²) < 4.78 is 2.08. The first-order valence-electron chi connectivity index (χ1n) is 11.2. The smallest absolute Gasteiger partial charge is 0.194 e. The minimum atomic E-state index is 0.776. The topological polar surface area (TPSA) is 48.7 Å². The van der Waals surface area contributed by atoms with E-state index in [4.69, 9.17) is 0 Å². The van der Waals surface area contributed by atoms with Crippen molar-refractivity contribution in [2.45, 2.75) is 13.1 Å². The van der Waals surface area contributed by atoms with Crippen LogP contribution in [-0.4, -0.2) is 65.1 Å². The highest BCUT2D eigenvalue weighted by Gasteiger charge is 2.18. The second-order valence-electron chi connectivity index (χ2n) is 8.05. The van der Waals surface area contributed by atoms with Crippen LogP contribution in [0.1, 0.15) is 16.7 Å². The summed E-state index contributed by atoms with van der Waals surface area (Å²) in [6.07, 6.45) is 10.1. The molecule has 1 saturated heterocycles. The van der Waals surface area contributed by atoms with Crippen LogP contribution < -0.4 is 5.32 Å². The Balaban J connectivity index is 1.20. The molecule has 0 spiro atoms. The van der Waals surface area contributed by atoms with Crippen LogP contribution in [0.5, 0.6) is 0 Å². The van der Waals surface area contributed by atoms with Crippen molar-refractivity contribution in [1.82, 2.24) is 24.7 Å². The summed E-state index contributed by atoms with van der Waals surface area (Å²) in [5, 5.41) is 3.53. The highest BCUT2D eigenvalue weighted by Crippen LogP contribution is 2.08. The Labute approximate surface area is 190 Å². The molecule has 0 atom stereocenters. The number of aliphatic imine (C=N–C) groups is 1. The molecule has 1 fully saturated rings. The van der Waals surface area contributed by atoms with Crippen molar-refractivity contribution in [3.8, 4) is 0 Å². The largest absolute Gasteiger partial charge is 0.352 e. The molecule has 166 valence electrons. The average molecular weight is 429 g/mol. The molecule has 0 saturated carbocycles. The molecule has 2 heterocycles. The minimum Gasteiger partial charge on any atom is -0.352 e. The van der Waals surface area contributed by atoms with Gasteiger partial charge in [-0.05, 0) is 16.7 Å². The Morgan fingerprint density at radius 1 is 1.00 bits per heavy atom. The molecule has 1 aliphatic rings. The van der Waals surface area contributed by atoms with Crippen LogP contribution in [0.25, 0.3) is 6.08 Å². The maximum Gasteiger partial charge on any atom is 0.194 e. The summed E-state index contributed by atoms with van der Waals surface area (Å²) in [5.41, 5.74) is 3.78. The molecule has 1 aliphatic heterocycles. The van der Waals surface area contributed by atoms with Crippen molar-refractivity contribution in [1.29, 1.82) is 0 Å². The molecule has 3 aromatic rings. The van der Waals surface area contributed by atoms with Gasteiger partial charge in [0.2, 0.25) is 0 Å². The van der Waals surface area contributed by atoms with Crippen molar-refractivity contribution >= 4 is 12.0 Å². The number of nitrogens with one attached hydrogen (secondary N) is 1. The molecule has 6 nitrogen and oxygen atoms in total. The standard InChI is InChI=1S/C26H32N6/c1-27-26(29-20-24-9-11-25(12-10-24)21-31-15-13-28-22-31)32-18-16-30(17-19-32)14-5-8-23-6-3-2-4-7-23/h2-13,15,22H,14,16-21H2,1H3,(H,27,29)/b8-5+. The van der Waals surface area contributed by atoms with Crippen molar-refractivity contribution < 1.29 is 0 Å². The lowest BCUT2D eigenvalue weighted by molar-refractivity contribution is 0.194. The quantitative estimate of drug-likeness (QED) is 0.463. The third-order valence-corrected chi connectivity index (χ3v) is 5.76. The number of nitrogens with zero attached hydrogens (tertiary/aromatic N) is 5. The summed E-state index contributed by atoms with van der Waals surface area (Å²) >= 11 is 0. The van der Waals surface area contributed by atoms with E-state index < -0.39 is 0 Å². The van der Waals surface area contributed by atoms with Crippen LogP contribution in [-0.2, 0) is 13.1 Å². The molecule has 1 aromatic heterocycles. The summed E-state index contributed by atoms with van der Waals surface area (Å²) in [6, 6.07) is 19.2. The van der Waals surface area contributed by atoms with E-state index in [-0.39, 0.29) is 0 Å². The Morgan fingerprint density at radius 3 is 2.44 bits per heavy atom. The van der Waals surface area contributed by atoms with Crippen molar-refractivity contribution in [2.75, 3.05) is 39.8 Å². The Kier molecular flexibility index (Phi) is 7.71. The Bertz CT molecular complexity index is 985. The maximum atomic E-state index is 4.51. The van der Waals surface area contributed by atoms with Gasteiger partial charge < -0.3 is 14.8 Å². The van der Waals surface area contributed by atoms with E-state index in [0.717, 1.165) is 51.8 Å². The number of benzene rings is 2. The number of hydrogen-bond acceptors (Lipinski definition) is 3. The third-order valence-electron chi connectivity index (χ3n) is 5.76. The number of hydrogen-bond donors (Lipinski definition) is 1. The van der Waals surface area contributed by atoms with Gasteiger partial charge in [-0.3, -0.25) is 9.89 Å². The number of aromatic nitrogens is 2. The van der Waals surface area contributed by atoms with Gasteiger partial charge in [0.1, 0.15) is 0 Å². The van der Waals surface area contributed by atoms with E-state index >= 15 is 0 Å². The second kappa shape index (κ2) is 11.3. The SMILES string of the molecule is CN=C(NCc1ccc(Cn2ccnc2)cc1)N1CCN(C/C=C/c2ccccc2)CC1. The van der Waals surface area contributed by atoms with Gasteiger partial charge in [0.25, 0.3) is 0 Å².